The molecule has 2 aliphatic carbocycles. The fraction of sp³-hybridized carbons (Fsp3) is 0.611. The number of hydrogen-bond acceptors (Lipinski definition) is 3. The summed E-state index contributed by atoms with van der Waals surface area (Å²) in [4.78, 5) is 14.5. The molecular formula is C18H26N2O2. The molecule has 2 fully saturated rings. The molecule has 4 heteroatoms. The molecule has 0 spiro atoms. The fourth-order valence-corrected chi connectivity index (χ4v) is 3.04. The highest BCUT2D eigenvalue weighted by Crippen LogP contribution is 2.41. The predicted molar refractivity (Wildman–Crippen MR) is 86.5 cm³/mol. The quantitative estimate of drug-likeness (QED) is 0.772. The van der Waals surface area contributed by atoms with Crippen molar-refractivity contribution in [2.24, 2.45) is 5.92 Å². The Balaban J connectivity index is 1.60. The summed E-state index contributed by atoms with van der Waals surface area (Å²) in [6.45, 7) is 3.20. The molecule has 2 N–H and O–H groups in total. The van der Waals surface area contributed by atoms with Crippen molar-refractivity contribution in [3.05, 3.63) is 35.4 Å². The number of hydrogen-bond donors (Lipinski definition) is 2. The fourth-order valence-electron chi connectivity index (χ4n) is 3.04. The van der Waals surface area contributed by atoms with E-state index in [0.717, 1.165) is 12.8 Å². The van der Waals surface area contributed by atoms with Crippen LogP contribution < -0.4 is 5.32 Å². The summed E-state index contributed by atoms with van der Waals surface area (Å²) < 4.78 is 0. The van der Waals surface area contributed by atoms with Gasteiger partial charge in [0.25, 0.3) is 0 Å². The summed E-state index contributed by atoms with van der Waals surface area (Å²) in [5.74, 6) is 0.664. The van der Waals surface area contributed by atoms with Gasteiger partial charge in [-0.2, -0.15) is 0 Å². The second kappa shape index (κ2) is 6.80. The Labute approximate surface area is 132 Å². The van der Waals surface area contributed by atoms with Crippen molar-refractivity contribution in [1.29, 1.82) is 0 Å². The van der Waals surface area contributed by atoms with Gasteiger partial charge in [-0.05, 0) is 44.1 Å². The lowest BCUT2D eigenvalue weighted by Crippen LogP contribution is -2.41. The lowest BCUT2D eigenvalue weighted by molar-refractivity contribution is -0.123. The first-order valence-corrected chi connectivity index (χ1v) is 8.38. The normalized spacial score (nSPS) is 19.2. The molecule has 0 radical (unpaired) electrons. The van der Waals surface area contributed by atoms with Crippen molar-refractivity contribution in [1.82, 2.24) is 10.2 Å². The Kier molecular flexibility index (Phi) is 4.79. The lowest BCUT2D eigenvalue weighted by Gasteiger charge is -2.24. The summed E-state index contributed by atoms with van der Waals surface area (Å²) in [5, 5.41) is 12.4. The average Bonchev–Trinajstić information content (AvgIpc) is 3.39. The molecule has 2 saturated carbocycles. The Morgan fingerprint density at radius 2 is 1.95 bits per heavy atom. The van der Waals surface area contributed by atoms with Gasteiger partial charge in [-0.1, -0.05) is 29.8 Å². The van der Waals surface area contributed by atoms with E-state index in [1.54, 1.807) is 0 Å². The highest BCUT2D eigenvalue weighted by molar-refractivity contribution is 5.78. The maximum absolute atomic E-state index is 12.4. The van der Waals surface area contributed by atoms with E-state index in [2.05, 4.69) is 41.4 Å². The van der Waals surface area contributed by atoms with E-state index >= 15 is 0 Å². The molecule has 0 aromatic heterocycles. The molecule has 1 amide bonds. The van der Waals surface area contributed by atoms with E-state index in [0.29, 0.717) is 25.0 Å². The maximum atomic E-state index is 12.4. The van der Waals surface area contributed by atoms with Gasteiger partial charge in [0.2, 0.25) is 5.91 Å². The van der Waals surface area contributed by atoms with Gasteiger partial charge in [-0.25, -0.2) is 0 Å². The zero-order valence-corrected chi connectivity index (χ0v) is 13.3. The molecule has 0 saturated heterocycles. The number of aliphatic hydroxyl groups is 1. The highest BCUT2D eigenvalue weighted by Gasteiger charge is 2.35. The minimum absolute atomic E-state index is 0.0813. The van der Waals surface area contributed by atoms with E-state index in [1.165, 1.54) is 24.0 Å². The van der Waals surface area contributed by atoms with Crippen LogP contribution in [0.5, 0.6) is 0 Å². The van der Waals surface area contributed by atoms with Crippen LogP contribution in [-0.4, -0.2) is 41.7 Å². The Morgan fingerprint density at radius 3 is 2.50 bits per heavy atom. The van der Waals surface area contributed by atoms with Crippen LogP contribution in [0.1, 0.15) is 42.9 Å². The second-order valence-electron chi connectivity index (χ2n) is 6.72. The molecule has 2 aliphatic rings. The zero-order valence-electron chi connectivity index (χ0n) is 13.3. The van der Waals surface area contributed by atoms with Gasteiger partial charge in [0, 0.05) is 12.6 Å². The summed E-state index contributed by atoms with van der Waals surface area (Å²) in [7, 11) is 0. The molecule has 3 rings (SSSR count). The van der Waals surface area contributed by atoms with Gasteiger partial charge in [0.05, 0.1) is 19.2 Å². The van der Waals surface area contributed by atoms with Gasteiger partial charge < -0.3 is 10.4 Å². The molecule has 120 valence electrons. The standard InChI is InChI=1S/C18H26N2O2/c1-13-2-4-14(5-3-13)18(15-6-7-15)19-17(22)12-20(10-11-21)16-8-9-16/h2-5,15-16,18,21H,6-12H2,1H3,(H,19,22). The van der Waals surface area contributed by atoms with Gasteiger partial charge >= 0.3 is 0 Å². The van der Waals surface area contributed by atoms with Crippen LogP contribution in [0.3, 0.4) is 0 Å². The van der Waals surface area contributed by atoms with Crippen LogP contribution in [0.25, 0.3) is 0 Å². The van der Waals surface area contributed by atoms with Crippen LogP contribution in [0.2, 0.25) is 0 Å². The average molecular weight is 302 g/mol. The van der Waals surface area contributed by atoms with E-state index in [1.807, 2.05) is 0 Å². The number of nitrogens with one attached hydrogen (secondary N) is 1. The Bertz CT molecular complexity index is 506. The molecule has 1 atom stereocenters. The van der Waals surface area contributed by atoms with Gasteiger partial charge in [0.1, 0.15) is 0 Å². The third-order valence-corrected chi connectivity index (χ3v) is 4.64. The predicted octanol–water partition coefficient (Wildman–Crippen LogP) is 2.02. The summed E-state index contributed by atoms with van der Waals surface area (Å²) in [6, 6.07) is 9.12. The van der Waals surface area contributed by atoms with Crippen LogP contribution in [-0.2, 0) is 4.79 Å². The minimum Gasteiger partial charge on any atom is -0.395 e. The highest BCUT2D eigenvalue weighted by atomic mass is 16.3. The van der Waals surface area contributed by atoms with Crippen LogP contribution in [0.4, 0.5) is 0 Å². The van der Waals surface area contributed by atoms with Crippen LogP contribution in [0, 0.1) is 12.8 Å². The first-order valence-electron chi connectivity index (χ1n) is 8.38. The molecule has 0 aliphatic heterocycles. The number of amides is 1. The zero-order chi connectivity index (χ0) is 15.5. The number of rotatable bonds is 8. The molecule has 1 unspecified atom stereocenters. The largest absolute Gasteiger partial charge is 0.395 e. The third kappa shape index (κ3) is 4.08. The van der Waals surface area contributed by atoms with Crippen molar-refractivity contribution in [3.63, 3.8) is 0 Å². The van der Waals surface area contributed by atoms with E-state index < -0.39 is 0 Å². The molecule has 0 bridgehead atoms. The topological polar surface area (TPSA) is 52.6 Å². The smallest absolute Gasteiger partial charge is 0.234 e. The first-order chi connectivity index (χ1) is 10.7. The van der Waals surface area contributed by atoms with Gasteiger partial charge in [-0.15, -0.1) is 0 Å². The van der Waals surface area contributed by atoms with Crippen molar-refractivity contribution < 1.29 is 9.90 Å². The SMILES string of the molecule is Cc1ccc(C(NC(=O)CN(CCO)C2CC2)C2CC2)cc1. The first kappa shape index (κ1) is 15.5. The lowest BCUT2D eigenvalue weighted by atomic mass is 10.0. The van der Waals surface area contributed by atoms with Gasteiger partial charge in [-0.3, -0.25) is 9.69 Å². The van der Waals surface area contributed by atoms with Crippen LogP contribution in [0.15, 0.2) is 24.3 Å². The number of aliphatic hydroxyl groups excluding tert-OH is 1. The van der Waals surface area contributed by atoms with Crippen LogP contribution >= 0.6 is 0 Å². The number of benzene rings is 1. The number of carbonyl (C=O) groups is 1. The Morgan fingerprint density at radius 1 is 1.27 bits per heavy atom. The van der Waals surface area contributed by atoms with E-state index in [4.69, 9.17) is 5.11 Å². The third-order valence-electron chi connectivity index (χ3n) is 4.64. The molecule has 22 heavy (non-hydrogen) atoms. The number of aryl methyl sites for hydroxylation is 1. The van der Waals surface area contributed by atoms with Crippen molar-refractivity contribution >= 4 is 5.91 Å². The van der Waals surface area contributed by atoms with Crippen molar-refractivity contribution in [2.75, 3.05) is 19.7 Å². The summed E-state index contributed by atoms with van der Waals surface area (Å²) in [6.07, 6.45) is 4.69. The van der Waals surface area contributed by atoms with Crippen molar-refractivity contribution in [2.45, 2.75) is 44.7 Å². The molecule has 4 nitrogen and oxygen atoms in total. The summed E-state index contributed by atoms with van der Waals surface area (Å²) in [5.41, 5.74) is 2.45. The van der Waals surface area contributed by atoms with Crippen molar-refractivity contribution in [3.8, 4) is 0 Å². The molecule has 1 aromatic rings. The molecule has 0 heterocycles. The Hall–Kier alpha value is -1.39. The molecule has 1 aromatic carbocycles. The molecular weight excluding hydrogens is 276 g/mol. The second-order valence-corrected chi connectivity index (χ2v) is 6.72. The number of nitrogens with zero attached hydrogens (tertiary/aromatic N) is 1. The van der Waals surface area contributed by atoms with E-state index in [-0.39, 0.29) is 18.6 Å². The van der Waals surface area contributed by atoms with E-state index in [9.17, 15) is 4.79 Å². The summed E-state index contributed by atoms with van der Waals surface area (Å²) >= 11 is 0. The maximum Gasteiger partial charge on any atom is 0.234 e. The number of carbonyl (C=O) groups excluding carboxylic acids is 1. The minimum atomic E-state index is 0.0813. The van der Waals surface area contributed by atoms with Gasteiger partial charge in [0.15, 0.2) is 0 Å². The monoisotopic (exact) mass is 302 g/mol.